The molecule has 0 fully saturated rings. The lowest BCUT2D eigenvalue weighted by molar-refractivity contribution is 0.103. The van der Waals surface area contributed by atoms with E-state index in [-0.39, 0.29) is 17.2 Å². The summed E-state index contributed by atoms with van der Waals surface area (Å²) in [6, 6.07) is 9.23. The third-order valence-electron chi connectivity index (χ3n) is 5.24. The molecule has 0 aromatic heterocycles. The molecule has 0 saturated heterocycles. The zero-order valence-electron chi connectivity index (χ0n) is 17.0. The normalized spacial score (nSPS) is 10.9. The molecule has 2 aromatic carbocycles. The molecule has 0 unspecified atom stereocenters. The Hall–Kier alpha value is -2.29. The van der Waals surface area contributed by atoms with Crippen molar-refractivity contribution in [3.05, 3.63) is 58.1 Å². The number of carbonyl (C=O) groups is 1. The molecule has 0 bridgehead atoms. The molecule has 146 valence electrons. The van der Waals surface area contributed by atoms with Crippen LogP contribution in [0.1, 0.15) is 85.5 Å². The number of ketones is 1. The van der Waals surface area contributed by atoms with Crippen LogP contribution in [0, 0.1) is 0 Å². The number of nitrogen functional groups attached to an aromatic ring is 1. The van der Waals surface area contributed by atoms with Crippen molar-refractivity contribution in [1.82, 2.24) is 0 Å². The van der Waals surface area contributed by atoms with Crippen molar-refractivity contribution in [2.45, 2.75) is 72.1 Å². The molecule has 0 spiro atoms. The second kappa shape index (κ2) is 10.1. The van der Waals surface area contributed by atoms with Crippen LogP contribution in [0.25, 0.3) is 0 Å². The van der Waals surface area contributed by atoms with Gasteiger partial charge in [-0.1, -0.05) is 76.8 Å². The van der Waals surface area contributed by atoms with Gasteiger partial charge in [0.1, 0.15) is 5.75 Å². The number of phenolic OH excluding ortho intramolecular Hbond substituents is 1. The van der Waals surface area contributed by atoms with E-state index in [2.05, 4.69) is 20.8 Å². The third-order valence-corrected chi connectivity index (χ3v) is 5.24. The van der Waals surface area contributed by atoms with Crippen molar-refractivity contribution in [2.75, 3.05) is 5.73 Å². The summed E-state index contributed by atoms with van der Waals surface area (Å²) in [5.41, 5.74) is 10.8. The molecule has 3 heteroatoms. The molecule has 0 amide bonds. The van der Waals surface area contributed by atoms with E-state index >= 15 is 0 Å². The molecule has 0 atom stereocenters. The van der Waals surface area contributed by atoms with E-state index in [1.807, 2.05) is 30.3 Å². The summed E-state index contributed by atoms with van der Waals surface area (Å²) in [7, 11) is 0. The molecule has 0 aliphatic carbocycles. The number of phenols is 1. The number of carbonyl (C=O) groups excluding carboxylic acids is 1. The van der Waals surface area contributed by atoms with Crippen LogP contribution in [-0.4, -0.2) is 10.9 Å². The SMILES string of the molecule is CCCCCCc1c(CC)c(CCC)c(O)c(N)c1C(=O)c1ccccc1. The van der Waals surface area contributed by atoms with E-state index in [0.717, 1.165) is 55.2 Å². The number of hydrogen-bond acceptors (Lipinski definition) is 3. The molecule has 0 saturated carbocycles. The number of anilines is 1. The quantitative estimate of drug-likeness (QED) is 0.240. The van der Waals surface area contributed by atoms with Crippen LogP contribution in [0.5, 0.6) is 5.75 Å². The first-order valence-electron chi connectivity index (χ1n) is 10.3. The standard InChI is InChI=1S/C24H33NO2/c1-4-7-8-12-16-19-18(6-3)20(13-5-2)24(27)22(25)21(19)23(26)17-14-10-9-11-15-17/h9-11,14-15,27H,4-8,12-13,16,25H2,1-3H3. The van der Waals surface area contributed by atoms with Gasteiger partial charge in [-0.05, 0) is 42.4 Å². The van der Waals surface area contributed by atoms with E-state index in [0.29, 0.717) is 11.1 Å². The van der Waals surface area contributed by atoms with Crippen molar-refractivity contribution < 1.29 is 9.90 Å². The van der Waals surface area contributed by atoms with E-state index < -0.39 is 0 Å². The minimum atomic E-state index is -0.0911. The van der Waals surface area contributed by atoms with Crippen molar-refractivity contribution >= 4 is 11.5 Å². The fourth-order valence-corrected chi connectivity index (χ4v) is 3.86. The fourth-order valence-electron chi connectivity index (χ4n) is 3.86. The first-order chi connectivity index (χ1) is 13.1. The number of benzene rings is 2. The first-order valence-corrected chi connectivity index (χ1v) is 10.3. The van der Waals surface area contributed by atoms with Gasteiger partial charge in [-0.2, -0.15) is 0 Å². The highest BCUT2D eigenvalue weighted by atomic mass is 16.3. The molecule has 3 nitrogen and oxygen atoms in total. The molecular weight excluding hydrogens is 334 g/mol. The minimum absolute atomic E-state index is 0.0911. The molecule has 0 aliphatic rings. The van der Waals surface area contributed by atoms with Crippen LogP contribution in [0.2, 0.25) is 0 Å². The highest BCUT2D eigenvalue weighted by molar-refractivity contribution is 6.14. The van der Waals surface area contributed by atoms with Crippen LogP contribution >= 0.6 is 0 Å². The number of hydrogen-bond donors (Lipinski definition) is 2. The largest absolute Gasteiger partial charge is 0.505 e. The molecule has 2 rings (SSSR count). The number of rotatable bonds is 10. The van der Waals surface area contributed by atoms with Crippen LogP contribution in [-0.2, 0) is 19.3 Å². The Morgan fingerprint density at radius 3 is 2.19 bits per heavy atom. The highest BCUT2D eigenvalue weighted by Crippen LogP contribution is 2.38. The van der Waals surface area contributed by atoms with Gasteiger partial charge in [-0.25, -0.2) is 0 Å². The van der Waals surface area contributed by atoms with Crippen LogP contribution in [0.15, 0.2) is 30.3 Å². The maximum Gasteiger partial charge on any atom is 0.195 e. The van der Waals surface area contributed by atoms with E-state index in [1.165, 1.54) is 12.8 Å². The van der Waals surface area contributed by atoms with Crippen molar-refractivity contribution in [1.29, 1.82) is 0 Å². The van der Waals surface area contributed by atoms with Gasteiger partial charge in [0.2, 0.25) is 0 Å². The lowest BCUT2D eigenvalue weighted by atomic mass is 9.84. The average molecular weight is 368 g/mol. The molecule has 3 N–H and O–H groups in total. The average Bonchev–Trinajstić information content (AvgIpc) is 2.69. The lowest BCUT2D eigenvalue weighted by Gasteiger charge is -2.22. The summed E-state index contributed by atoms with van der Waals surface area (Å²) in [4.78, 5) is 13.3. The van der Waals surface area contributed by atoms with Gasteiger partial charge in [0.15, 0.2) is 5.78 Å². The summed E-state index contributed by atoms with van der Waals surface area (Å²) in [6.07, 6.45) is 7.88. The zero-order valence-corrected chi connectivity index (χ0v) is 17.0. The fraction of sp³-hybridized carbons (Fsp3) is 0.458. The van der Waals surface area contributed by atoms with Gasteiger partial charge >= 0.3 is 0 Å². The molecule has 0 heterocycles. The van der Waals surface area contributed by atoms with Crippen LogP contribution < -0.4 is 5.73 Å². The lowest BCUT2D eigenvalue weighted by Crippen LogP contribution is -2.14. The molecule has 27 heavy (non-hydrogen) atoms. The highest BCUT2D eigenvalue weighted by Gasteiger charge is 2.25. The van der Waals surface area contributed by atoms with E-state index in [9.17, 15) is 9.90 Å². The Kier molecular flexibility index (Phi) is 7.90. The molecule has 2 aromatic rings. The van der Waals surface area contributed by atoms with Gasteiger partial charge in [-0.3, -0.25) is 4.79 Å². The Labute approximate surface area is 163 Å². The smallest absolute Gasteiger partial charge is 0.195 e. The number of aromatic hydroxyl groups is 1. The minimum Gasteiger partial charge on any atom is -0.505 e. The van der Waals surface area contributed by atoms with Crippen molar-refractivity contribution in [3.63, 3.8) is 0 Å². The second-order valence-electron chi connectivity index (χ2n) is 7.18. The van der Waals surface area contributed by atoms with Crippen LogP contribution in [0.4, 0.5) is 5.69 Å². The number of unbranched alkanes of at least 4 members (excludes halogenated alkanes) is 3. The van der Waals surface area contributed by atoms with Gasteiger partial charge in [0, 0.05) is 5.56 Å². The topological polar surface area (TPSA) is 63.3 Å². The summed E-state index contributed by atoms with van der Waals surface area (Å²) < 4.78 is 0. The Bertz CT molecular complexity index is 766. The van der Waals surface area contributed by atoms with Crippen molar-refractivity contribution in [2.24, 2.45) is 0 Å². The molecule has 0 aliphatic heterocycles. The van der Waals surface area contributed by atoms with Crippen molar-refractivity contribution in [3.8, 4) is 5.75 Å². The van der Waals surface area contributed by atoms with Crippen LogP contribution in [0.3, 0.4) is 0 Å². The zero-order chi connectivity index (χ0) is 19.8. The van der Waals surface area contributed by atoms with Gasteiger partial charge < -0.3 is 10.8 Å². The number of nitrogens with two attached hydrogens (primary N) is 1. The maximum absolute atomic E-state index is 13.3. The second-order valence-corrected chi connectivity index (χ2v) is 7.18. The summed E-state index contributed by atoms with van der Waals surface area (Å²) in [5, 5.41) is 10.8. The summed E-state index contributed by atoms with van der Waals surface area (Å²) >= 11 is 0. The Balaban J connectivity index is 2.61. The molecular formula is C24H33NO2. The van der Waals surface area contributed by atoms with Gasteiger partial charge in [-0.15, -0.1) is 0 Å². The Morgan fingerprint density at radius 2 is 1.59 bits per heavy atom. The van der Waals surface area contributed by atoms with E-state index in [1.54, 1.807) is 0 Å². The monoisotopic (exact) mass is 367 g/mol. The van der Waals surface area contributed by atoms with E-state index in [4.69, 9.17) is 5.73 Å². The maximum atomic E-state index is 13.3. The predicted octanol–water partition coefficient (Wildman–Crippen LogP) is 5.84. The van der Waals surface area contributed by atoms with Gasteiger partial charge in [0.25, 0.3) is 0 Å². The first kappa shape index (κ1) is 21.0. The molecule has 0 radical (unpaired) electrons. The summed E-state index contributed by atoms with van der Waals surface area (Å²) in [6.45, 7) is 6.38. The Morgan fingerprint density at radius 1 is 0.889 bits per heavy atom. The summed E-state index contributed by atoms with van der Waals surface area (Å²) in [5.74, 6) is 0.0110. The van der Waals surface area contributed by atoms with Gasteiger partial charge in [0.05, 0.1) is 11.3 Å². The third kappa shape index (κ3) is 4.71. The predicted molar refractivity (Wildman–Crippen MR) is 114 cm³/mol.